The standard InChI is InChI=1S/C15H22BrNO2S/c1-12-8-10-13(11-9-12)20(18,19)17-15-7-5-3-2-4-6-14(15)16/h8-11,14-15,17H,2-7H2,1H3/t14-,15+/m1/s1. The number of hydrogen-bond donors (Lipinski definition) is 1. The molecule has 1 aromatic rings. The molecule has 1 N–H and O–H groups in total. The summed E-state index contributed by atoms with van der Waals surface area (Å²) in [7, 11) is -3.42. The fourth-order valence-electron chi connectivity index (χ4n) is 2.56. The van der Waals surface area contributed by atoms with Gasteiger partial charge in [0.05, 0.1) is 4.90 Å². The van der Waals surface area contributed by atoms with Gasteiger partial charge in [0.25, 0.3) is 0 Å². The zero-order valence-corrected chi connectivity index (χ0v) is 14.2. The topological polar surface area (TPSA) is 46.2 Å². The van der Waals surface area contributed by atoms with Gasteiger partial charge in [-0.25, -0.2) is 13.1 Å². The van der Waals surface area contributed by atoms with Gasteiger partial charge < -0.3 is 0 Å². The fourth-order valence-corrected chi connectivity index (χ4v) is 4.76. The molecule has 1 saturated carbocycles. The van der Waals surface area contributed by atoms with Crippen molar-refractivity contribution in [2.24, 2.45) is 0 Å². The lowest BCUT2D eigenvalue weighted by molar-refractivity contribution is 0.439. The largest absolute Gasteiger partial charge is 0.240 e. The van der Waals surface area contributed by atoms with Gasteiger partial charge in [-0.2, -0.15) is 0 Å². The predicted octanol–water partition coefficient (Wildman–Crippen LogP) is 3.76. The van der Waals surface area contributed by atoms with Crippen molar-refractivity contribution in [1.29, 1.82) is 0 Å². The third-order valence-corrected chi connectivity index (χ3v) is 6.42. The molecule has 1 aliphatic rings. The van der Waals surface area contributed by atoms with E-state index in [9.17, 15) is 8.42 Å². The van der Waals surface area contributed by atoms with Gasteiger partial charge in [-0.1, -0.05) is 59.3 Å². The van der Waals surface area contributed by atoms with Crippen molar-refractivity contribution in [3.63, 3.8) is 0 Å². The zero-order chi connectivity index (χ0) is 14.6. The van der Waals surface area contributed by atoms with E-state index in [0.29, 0.717) is 4.90 Å². The molecule has 3 nitrogen and oxygen atoms in total. The number of aryl methyl sites for hydroxylation is 1. The van der Waals surface area contributed by atoms with Crippen molar-refractivity contribution >= 4 is 26.0 Å². The molecule has 20 heavy (non-hydrogen) atoms. The second-order valence-corrected chi connectivity index (χ2v) is 8.44. The van der Waals surface area contributed by atoms with E-state index < -0.39 is 10.0 Å². The van der Waals surface area contributed by atoms with Crippen molar-refractivity contribution < 1.29 is 8.42 Å². The maximum atomic E-state index is 12.4. The maximum Gasteiger partial charge on any atom is 0.240 e. The van der Waals surface area contributed by atoms with Crippen LogP contribution in [0, 0.1) is 6.92 Å². The minimum Gasteiger partial charge on any atom is -0.207 e. The Bertz CT molecular complexity index is 527. The van der Waals surface area contributed by atoms with Crippen LogP contribution in [0.4, 0.5) is 0 Å². The van der Waals surface area contributed by atoms with Gasteiger partial charge in [0.2, 0.25) is 10.0 Å². The van der Waals surface area contributed by atoms with Gasteiger partial charge in [-0.3, -0.25) is 0 Å². The number of benzene rings is 1. The summed E-state index contributed by atoms with van der Waals surface area (Å²) in [5.41, 5.74) is 1.06. The minimum absolute atomic E-state index is 0.0124. The van der Waals surface area contributed by atoms with Crippen LogP contribution in [0.3, 0.4) is 0 Å². The second kappa shape index (κ2) is 7.05. The summed E-state index contributed by atoms with van der Waals surface area (Å²) < 4.78 is 27.7. The molecule has 112 valence electrons. The van der Waals surface area contributed by atoms with Crippen molar-refractivity contribution in [3.05, 3.63) is 29.8 Å². The molecule has 2 atom stereocenters. The minimum atomic E-state index is -3.42. The molecule has 0 aliphatic heterocycles. The van der Waals surface area contributed by atoms with Gasteiger partial charge in [0, 0.05) is 10.9 Å². The van der Waals surface area contributed by atoms with E-state index in [1.165, 1.54) is 19.3 Å². The first-order valence-electron chi connectivity index (χ1n) is 7.22. The lowest BCUT2D eigenvalue weighted by Crippen LogP contribution is -2.41. The zero-order valence-electron chi connectivity index (χ0n) is 11.8. The van der Waals surface area contributed by atoms with Crippen LogP contribution in [0.1, 0.15) is 44.1 Å². The van der Waals surface area contributed by atoms with Gasteiger partial charge in [-0.15, -0.1) is 0 Å². The lowest BCUT2D eigenvalue weighted by atomic mass is 9.97. The molecule has 1 fully saturated rings. The SMILES string of the molecule is Cc1ccc(S(=O)(=O)N[C@H]2CCCCCC[C@H]2Br)cc1. The fraction of sp³-hybridized carbons (Fsp3) is 0.600. The Kier molecular flexibility index (Phi) is 5.64. The van der Waals surface area contributed by atoms with Crippen LogP contribution in [-0.2, 0) is 10.0 Å². The first-order chi connectivity index (χ1) is 9.49. The number of hydrogen-bond acceptors (Lipinski definition) is 2. The molecule has 0 unspecified atom stereocenters. The average molecular weight is 360 g/mol. The highest BCUT2D eigenvalue weighted by atomic mass is 79.9. The Labute approximate surface area is 130 Å². The summed E-state index contributed by atoms with van der Waals surface area (Å²) >= 11 is 3.65. The lowest BCUT2D eigenvalue weighted by Gasteiger charge is -2.26. The van der Waals surface area contributed by atoms with Crippen LogP contribution in [0.15, 0.2) is 29.2 Å². The molecule has 2 rings (SSSR count). The van der Waals surface area contributed by atoms with Crippen LogP contribution in [0.25, 0.3) is 0 Å². The first kappa shape index (κ1) is 16.0. The van der Waals surface area contributed by atoms with Crippen LogP contribution < -0.4 is 4.72 Å². The van der Waals surface area contributed by atoms with Crippen molar-refractivity contribution in [2.75, 3.05) is 0 Å². The number of sulfonamides is 1. The van der Waals surface area contributed by atoms with Gasteiger partial charge in [0.1, 0.15) is 0 Å². The Morgan fingerprint density at radius 1 is 1.05 bits per heavy atom. The summed E-state index contributed by atoms with van der Waals surface area (Å²) in [5.74, 6) is 0. The Balaban J connectivity index is 2.11. The number of alkyl halides is 1. The molecule has 0 bridgehead atoms. The van der Waals surface area contributed by atoms with E-state index in [2.05, 4.69) is 20.7 Å². The Morgan fingerprint density at radius 3 is 2.30 bits per heavy atom. The summed E-state index contributed by atoms with van der Waals surface area (Å²) in [6, 6.07) is 6.99. The average Bonchev–Trinajstić information content (AvgIpc) is 2.39. The van der Waals surface area contributed by atoms with E-state index in [1.807, 2.05) is 19.1 Å². The molecule has 1 aromatic carbocycles. The molecule has 0 spiro atoms. The van der Waals surface area contributed by atoms with Crippen LogP contribution in [-0.4, -0.2) is 19.3 Å². The molecule has 0 aromatic heterocycles. The van der Waals surface area contributed by atoms with Crippen molar-refractivity contribution in [3.8, 4) is 0 Å². The van der Waals surface area contributed by atoms with Crippen LogP contribution in [0.2, 0.25) is 0 Å². The van der Waals surface area contributed by atoms with E-state index in [0.717, 1.165) is 24.8 Å². The molecule has 1 aliphatic carbocycles. The number of halogens is 1. The smallest absolute Gasteiger partial charge is 0.207 e. The molecule has 0 amide bonds. The van der Waals surface area contributed by atoms with E-state index in [4.69, 9.17) is 0 Å². The van der Waals surface area contributed by atoms with Crippen LogP contribution >= 0.6 is 15.9 Å². The van der Waals surface area contributed by atoms with Gasteiger partial charge in [-0.05, 0) is 31.9 Å². The molecule has 0 saturated heterocycles. The summed E-state index contributed by atoms with van der Waals surface area (Å²) in [4.78, 5) is 0.577. The molecule has 0 heterocycles. The quantitative estimate of drug-likeness (QED) is 0.835. The van der Waals surface area contributed by atoms with Gasteiger partial charge in [0.15, 0.2) is 0 Å². The van der Waals surface area contributed by atoms with Crippen LogP contribution in [0.5, 0.6) is 0 Å². The summed E-state index contributed by atoms with van der Waals surface area (Å²) in [6.45, 7) is 1.95. The first-order valence-corrected chi connectivity index (χ1v) is 9.62. The van der Waals surface area contributed by atoms with E-state index in [-0.39, 0.29) is 10.9 Å². The number of nitrogens with one attached hydrogen (secondary N) is 1. The Hall–Kier alpha value is -0.390. The monoisotopic (exact) mass is 359 g/mol. The highest BCUT2D eigenvalue weighted by Crippen LogP contribution is 2.24. The second-order valence-electron chi connectivity index (χ2n) is 5.55. The van der Waals surface area contributed by atoms with Crippen molar-refractivity contribution in [2.45, 2.75) is 61.2 Å². The third-order valence-electron chi connectivity index (χ3n) is 3.82. The normalized spacial score (nSPS) is 24.9. The molecular weight excluding hydrogens is 338 g/mol. The predicted molar refractivity (Wildman–Crippen MR) is 85.7 cm³/mol. The van der Waals surface area contributed by atoms with E-state index >= 15 is 0 Å². The summed E-state index contributed by atoms with van der Waals surface area (Å²) in [6.07, 6.45) is 6.63. The van der Waals surface area contributed by atoms with Gasteiger partial charge >= 0.3 is 0 Å². The molecule has 0 radical (unpaired) electrons. The van der Waals surface area contributed by atoms with E-state index in [1.54, 1.807) is 12.1 Å². The van der Waals surface area contributed by atoms with Crippen molar-refractivity contribution in [1.82, 2.24) is 4.72 Å². The summed E-state index contributed by atoms with van der Waals surface area (Å²) in [5, 5.41) is 0. The molecule has 5 heteroatoms. The highest BCUT2D eigenvalue weighted by molar-refractivity contribution is 9.09. The highest BCUT2D eigenvalue weighted by Gasteiger charge is 2.26. The Morgan fingerprint density at radius 2 is 1.65 bits per heavy atom. The number of rotatable bonds is 3. The maximum absolute atomic E-state index is 12.4. The molecular formula is C15H22BrNO2S. The third kappa shape index (κ3) is 4.30.